The molecule has 0 bridgehead atoms. The molecule has 0 saturated carbocycles. The number of benzene rings is 2. The first-order chi connectivity index (χ1) is 12.3. The number of aromatic nitrogens is 1. The number of hydrogen-bond acceptors (Lipinski definition) is 1. The predicted molar refractivity (Wildman–Crippen MR) is 103 cm³/mol. The van der Waals surface area contributed by atoms with Gasteiger partial charge in [-0.25, -0.2) is 4.39 Å². The monoisotopic (exact) mass is 373 g/mol. The molecule has 0 saturated heterocycles. The Hall–Kier alpha value is -2.40. The fraction of sp³-hybridized carbons (Fsp3) is 0.143. The zero-order chi connectivity index (χ0) is 18.9. The highest BCUT2D eigenvalue weighted by atomic mass is 32.2. The van der Waals surface area contributed by atoms with Gasteiger partial charge in [0.15, 0.2) is 5.83 Å². The van der Waals surface area contributed by atoms with Crippen LogP contribution >= 0.6 is 11.8 Å². The van der Waals surface area contributed by atoms with Crippen molar-refractivity contribution in [3.05, 3.63) is 76.7 Å². The van der Waals surface area contributed by atoms with E-state index in [1.54, 1.807) is 35.8 Å². The van der Waals surface area contributed by atoms with Gasteiger partial charge in [-0.2, -0.15) is 8.78 Å². The van der Waals surface area contributed by atoms with Crippen molar-refractivity contribution >= 4 is 35.7 Å². The standard InChI is InChI=1S/C21H18F3NS/c1-14-8-4-7-11-19(14)26-21(23,24)20(22)12-13-25-15(2)17-9-5-6-10-18(17)16(25)3/h4-12H,2-3,13H2,1H3/b20-12-. The van der Waals surface area contributed by atoms with Crippen LogP contribution in [0.4, 0.5) is 13.2 Å². The second-order valence-corrected chi connectivity index (χ2v) is 7.14. The molecule has 26 heavy (non-hydrogen) atoms. The Morgan fingerprint density at radius 3 is 2.15 bits per heavy atom. The molecule has 0 amide bonds. The summed E-state index contributed by atoms with van der Waals surface area (Å²) in [6, 6.07) is 14.2. The Bertz CT molecular complexity index is 1040. The molecular formula is C21H18F3NS. The van der Waals surface area contributed by atoms with Crippen molar-refractivity contribution in [1.29, 1.82) is 0 Å². The van der Waals surface area contributed by atoms with Crippen molar-refractivity contribution in [2.75, 3.05) is 0 Å². The zero-order valence-electron chi connectivity index (χ0n) is 14.3. The number of aryl methyl sites for hydroxylation is 1. The molecule has 134 valence electrons. The van der Waals surface area contributed by atoms with Gasteiger partial charge in [0.1, 0.15) is 0 Å². The Labute approximate surface area is 154 Å². The Morgan fingerprint density at radius 1 is 1.04 bits per heavy atom. The van der Waals surface area contributed by atoms with Crippen LogP contribution in [0.15, 0.2) is 65.3 Å². The van der Waals surface area contributed by atoms with Gasteiger partial charge in [0.25, 0.3) is 0 Å². The van der Waals surface area contributed by atoms with Crippen LogP contribution in [0.25, 0.3) is 23.9 Å². The number of halogens is 3. The average Bonchev–Trinajstić information content (AvgIpc) is 2.86. The van der Waals surface area contributed by atoms with Gasteiger partial charge >= 0.3 is 5.25 Å². The van der Waals surface area contributed by atoms with E-state index < -0.39 is 11.1 Å². The van der Waals surface area contributed by atoms with Crippen molar-refractivity contribution in [3.63, 3.8) is 0 Å². The summed E-state index contributed by atoms with van der Waals surface area (Å²) < 4.78 is 44.4. The molecule has 0 N–H and O–H groups in total. The SMILES string of the molecule is C=c1c2ccccc2c(=C)n1C/C=C(\F)C(F)(F)Sc1ccccc1C. The second-order valence-electron chi connectivity index (χ2n) is 5.99. The van der Waals surface area contributed by atoms with Gasteiger partial charge in [-0.3, -0.25) is 0 Å². The number of allylic oxidation sites excluding steroid dienone is 1. The van der Waals surface area contributed by atoms with Crippen molar-refractivity contribution in [3.8, 4) is 0 Å². The summed E-state index contributed by atoms with van der Waals surface area (Å²) in [6.07, 6.45) is 0.896. The molecule has 1 aromatic heterocycles. The van der Waals surface area contributed by atoms with Gasteiger partial charge in [0.2, 0.25) is 0 Å². The lowest BCUT2D eigenvalue weighted by molar-refractivity contribution is 0.118. The minimum absolute atomic E-state index is 0.0535. The molecule has 0 fully saturated rings. The number of rotatable bonds is 5. The molecule has 0 atom stereocenters. The number of alkyl halides is 2. The summed E-state index contributed by atoms with van der Waals surface area (Å²) in [6.45, 7) is 9.60. The fourth-order valence-corrected chi connectivity index (χ4v) is 3.64. The average molecular weight is 373 g/mol. The first kappa shape index (κ1) is 18.4. The topological polar surface area (TPSA) is 4.93 Å². The van der Waals surface area contributed by atoms with E-state index in [2.05, 4.69) is 13.2 Å². The zero-order valence-corrected chi connectivity index (χ0v) is 15.1. The lowest BCUT2D eigenvalue weighted by atomic mass is 10.2. The van der Waals surface area contributed by atoms with Crippen LogP contribution in [0, 0.1) is 6.92 Å². The predicted octanol–water partition coefficient (Wildman–Crippen LogP) is 5.01. The Morgan fingerprint density at radius 2 is 1.58 bits per heavy atom. The maximum absolute atomic E-state index is 14.3. The number of fused-ring (bicyclic) bond motifs is 1. The lowest BCUT2D eigenvalue weighted by Crippen LogP contribution is -2.25. The molecule has 0 unspecified atom stereocenters. The smallest absolute Gasteiger partial charge is 0.337 e. The van der Waals surface area contributed by atoms with Crippen molar-refractivity contribution in [2.24, 2.45) is 0 Å². The highest BCUT2D eigenvalue weighted by Crippen LogP contribution is 2.42. The van der Waals surface area contributed by atoms with Crippen molar-refractivity contribution in [1.82, 2.24) is 4.57 Å². The summed E-state index contributed by atoms with van der Waals surface area (Å²) in [5.41, 5.74) is 0.682. The first-order valence-corrected chi connectivity index (χ1v) is 8.86. The van der Waals surface area contributed by atoms with Crippen LogP contribution in [0.1, 0.15) is 5.56 Å². The lowest BCUT2D eigenvalue weighted by Gasteiger charge is -2.15. The molecular weight excluding hydrogens is 355 g/mol. The van der Waals surface area contributed by atoms with E-state index in [1.165, 1.54) is 0 Å². The molecule has 0 aliphatic heterocycles. The molecule has 0 spiro atoms. The first-order valence-electron chi connectivity index (χ1n) is 8.05. The van der Waals surface area contributed by atoms with E-state index in [4.69, 9.17) is 0 Å². The van der Waals surface area contributed by atoms with Crippen LogP contribution in [-0.2, 0) is 6.54 Å². The quantitative estimate of drug-likeness (QED) is 0.569. The molecule has 3 aromatic rings. The third-order valence-corrected chi connectivity index (χ3v) is 5.39. The highest BCUT2D eigenvalue weighted by Gasteiger charge is 2.36. The summed E-state index contributed by atoms with van der Waals surface area (Å²) in [4.78, 5) is 0.350. The van der Waals surface area contributed by atoms with E-state index in [0.29, 0.717) is 21.2 Å². The van der Waals surface area contributed by atoms with Crippen molar-refractivity contribution < 1.29 is 13.2 Å². The summed E-state index contributed by atoms with van der Waals surface area (Å²) >= 11 is 0.212. The maximum atomic E-state index is 14.3. The molecule has 0 aliphatic carbocycles. The maximum Gasteiger partial charge on any atom is 0.348 e. The van der Waals surface area contributed by atoms with Crippen LogP contribution in [0.2, 0.25) is 0 Å². The normalized spacial score (nSPS) is 12.7. The third-order valence-electron chi connectivity index (χ3n) is 4.26. The minimum Gasteiger partial charge on any atom is -0.337 e. The van der Waals surface area contributed by atoms with Gasteiger partial charge in [-0.15, -0.1) is 0 Å². The van der Waals surface area contributed by atoms with Crippen molar-refractivity contribution in [2.45, 2.75) is 23.6 Å². The second kappa shape index (κ2) is 7.08. The largest absolute Gasteiger partial charge is 0.348 e. The fourth-order valence-electron chi connectivity index (χ4n) is 2.81. The highest BCUT2D eigenvalue weighted by molar-refractivity contribution is 8.00. The van der Waals surface area contributed by atoms with Crippen LogP contribution in [-0.4, -0.2) is 9.82 Å². The number of nitrogens with zero attached hydrogens (tertiary/aromatic N) is 1. The molecule has 2 aromatic carbocycles. The van der Waals surface area contributed by atoms with E-state index in [9.17, 15) is 13.2 Å². The number of thioether (sulfide) groups is 1. The van der Waals surface area contributed by atoms with Crippen LogP contribution < -0.4 is 10.7 Å². The minimum atomic E-state index is -3.64. The molecule has 5 heteroatoms. The molecule has 0 aliphatic rings. The van der Waals surface area contributed by atoms with Gasteiger partial charge in [-0.1, -0.05) is 55.6 Å². The molecule has 1 heterocycles. The van der Waals surface area contributed by atoms with Crippen LogP contribution in [0.5, 0.6) is 0 Å². The number of hydrogen-bond donors (Lipinski definition) is 0. The van der Waals surface area contributed by atoms with Gasteiger partial charge < -0.3 is 4.57 Å². The van der Waals surface area contributed by atoms with E-state index >= 15 is 0 Å². The summed E-state index contributed by atoms with van der Waals surface area (Å²) in [5.74, 6) is -1.47. The van der Waals surface area contributed by atoms with Crippen LogP contribution in [0.3, 0.4) is 0 Å². The van der Waals surface area contributed by atoms with Gasteiger partial charge in [0.05, 0.1) is 0 Å². The summed E-state index contributed by atoms with van der Waals surface area (Å²) in [7, 11) is 0. The van der Waals surface area contributed by atoms with E-state index in [1.807, 2.05) is 24.3 Å². The summed E-state index contributed by atoms with van der Waals surface area (Å²) in [5, 5.41) is -0.616. The van der Waals surface area contributed by atoms with E-state index in [0.717, 1.165) is 16.8 Å². The van der Waals surface area contributed by atoms with Gasteiger partial charge in [0, 0.05) is 32.9 Å². The molecule has 0 radical (unpaired) electrons. The third kappa shape index (κ3) is 3.44. The Kier molecular flexibility index (Phi) is 5.01. The Balaban J connectivity index is 1.87. The molecule has 1 nitrogen and oxygen atoms in total. The van der Waals surface area contributed by atoms with Gasteiger partial charge in [-0.05, 0) is 36.4 Å². The molecule has 3 rings (SSSR count). The van der Waals surface area contributed by atoms with E-state index in [-0.39, 0.29) is 18.3 Å².